The lowest BCUT2D eigenvalue weighted by atomic mass is 9.80. The molecule has 94 valence electrons. The molecule has 0 spiro atoms. The van der Waals surface area contributed by atoms with E-state index in [9.17, 15) is 0 Å². The Morgan fingerprint density at radius 1 is 1.18 bits per heavy atom. The molecule has 1 saturated heterocycles. The summed E-state index contributed by atoms with van der Waals surface area (Å²) in [5.41, 5.74) is 1.19. The molecule has 1 aliphatic heterocycles. The molecule has 17 heavy (non-hydrogen) atoms. The van der Waals surface area contributed by atoms with Crippen LogP contribution in [0.3, 0.4) is 0 Å². The summed E-state index contributed by atoms with van der Waals surface area (Å²) < 4.78 is 12.0. The van der Waals surface area contributed by atoms with Gasteiger partial charge in [-0.2, -0.15) is 0 Å². The van der Waals surface area contributed by atoms with Crippen LogP contribution < -0.4 is 0 Å². The third-order valence-electron chi connectivity index (χ3n) is 3.32. The molecule has 2 rings (SSSR count). The van der Waals surface area contributed by atoms with E-state index in [1.165, 1.54) is 0 Å². The van der Waals surface area contributed by atoms with Crippen molar-refractivity contribution in [1.82, 2.24) is 0 Å². The van der Waals surface area contributed by atoms with E-state index in [0.29, 0.717) is 5.92 Å². The highest BCUT2D eigenvalue weighted by atomic mass is 16.7. The molecule has 0 amide bonds. The van der Waals surface area contributed by atoms with Crippen LogP contribution in [-0.4, -0.2) is 12.7 Å². The fraction of sp³-hybridized carbons (Fsp3) is 0.600. The molecule has 2 heteroatoms. The minimum atomic E-state index is -0.211. The topological polar surface area (TPSA) is 18.5 Å². The minimum Gasteiger partial charge on any atom is -0.348 e. The van der Waals surface area contributed by atoms with Gasteiger partial charge in [0.05, 0.1) is 12.7 Å². The van der Waals surface area contributed by atoms with Crippen LogP contribution in [0.2, 0.25) is 0 Å². The summed E-state index contributed by atoms with van der Waals surface area (Å²) in [5.74, 6) is 0.500. The average molecular weight is 234 g/mol. The first-order valence-corrected chi connectivity index (χ1v) is 6.33. The predicted octanol–water partition coefficient (Wildman–Crippen LogP) is 3.78. The largest absolute Gasteiger partial charge is 0.348 e. The van der Waals surface area contributed by atoms with Crippen LogP contribution >= 0.6 is 0 Å². The maximum atomic E-state index is 6.13. The van der Waals surface area contributed by atoms with Gasteiger partial charge in [-0.05, 0) is 5.92 Å². The molecule has 1 fully saturated rings. The second kappa shape index (κ2) is 4.79. The summed E-state index contributed by atoms with van der Waals surface area (Å²) in [4.78, 5) is 0. The Morgan fingerprint density at radius 3 is 2.41 bits per heavy atom. The second-order valence-electron chi connectivity index (χ2n) is 5.84. The van der Waals surface area contributed by atoms with E-state index >= 15 is 0 Å². The van der Waals surface area contributed by atoms with Crippen LogP contribution in [0, 0.1) is 11.3 Å². The van der Waals surface area contributed by atoms with Crippen LogP contribution in [0.1, 0.15) is 39.5 Å². The van der Waals surface area contributed by atoms with Crippen molar-refractivity contribution in [2.75, 3.05) is 6.61 Å². The van der Waals surface area contributed by atoms with Gasteiger partial charge in [-0.25, -0.2) is 0 Å². The summed E-state index contributed by atoms with van der Waals surface area (Å²) in [6.45, 7) is 9.58. The number of hydrogen-bond acceptors (Lipinski definition) is 2. The Hall–Kier alpha value is -0.860. The molecule has 0 N–H and O–H groups in total. The molecular weight excluding hydrogens is 212 g/mol. The molecule has 1 aromatic carbocycles. The van der Waals surface area contributed by atoms with Gasteiger partial charge in [-0.15, -0.1) is 0 Å². The van der Waals surface area contributed by atoms with Crippen molar-refractivity contribution in [3.05, 3.63) is 35.9 Å². The monoisotopic (exact) mass is 234 g/mol. The quantitative estimate of drug-likeness (QED) is 0.775. The Balaban J connectivity index is 2.15. The van der Waals surface area contributed by atoms with E-state index in [4.69, 9.17) is 9.47 Å². The Labute approximate surface area is 104 Å². The van der Waals surface area contributed by atoms with E-state index in [-0.39, 0.29) is 17.8 Å². The molecule has 0 aromatic heterocycles. The number of ether oxygens (including phenoxy) is 2. The summed E-state index contributed by atoms with van der Waals surface area (Å²) in [7, 11) is 0. The first kappa shape index (κ1) is 12.6. The molecule has 1 aliphatic rings. The highest BCUT2D eigenvalue weighted by Crippen LogP contribution is 2.39. The van der Waals surface area contributed by atoms with Crippen LogP contribution in [0.5, 0.6) is 0 Å². The van der Waals surface area contributed by atoms with Crippen LogP contribution in [0.25, 0.3) is 0 Å². The lowest BCUT2D eigenvalue weighted by Crippen LogP contribution is -2.45. The average Bonchev–Trinajstić information content (AvgIpc) is 2.29. The van der Waals surface area contributed by atoms with Crippen molar-refractivity contribution in [2.24, 2.45) is 11.3 Å². The molecule has 0 unspecified atom stereocenters. The van der Waals surface area contributed by atoms with Crippen LogP contribution in [0.15, 0.2) is 30.3 Å². The van der Waals surface area contributed by atoms with E-state index in [1.54, 1.807) is 0 Å². The third kappa shape index (κ3) is 2.70. The molecule has 0 saturated carbocycles. The van der Waals surface area contributed by atoms with E-state index < -0.39 is 0 Å². The predicted molar refractivity (Wildman–Crippen MR) is 68.6 cm³/mol. The van der Waals surface area contributed by atoms with Gasteiger partial charge in [0, 0.05) is 11.0 Å². The van der Waals surface area contributed by atoms with Gasteiger partial charge >= 0.3 is 0 Å². The van der Waals surface area contributed by atoms with E-state index in [1.807, 2.05) is 18.2 Å². The second-order valence-corrected chi connectivity index (χ2v) is 5.84. The molecular formula is C15H22O2. The zero-order valence-corrected chi connectivity index (χ0v) is 11.1. The highest BCUT2D eigenvalue weighted by Gasteiger charge is 2.40. The van der Waals surface area contributed by atoms with Crippen molar-refractivity contribution in [3.8, 4) is 0 Å². The van der Waals surface area contributed by atoms with Gasteiger partial charge in [-0.3, -0.25) is 0 Å². The Bertz CT molecular complexity index is 356. The van der Waals surface area contributed by atoms with Gasteiger partial charge in [0.25, 0.3) is 0 Å². The first-order chi connectivity index (χ1) is 8.00. The van der Waals surface area contributed by atoms with Crippen molar-refractivity contribution in [2.45, 2.75) is 40.1 Å². The smallest absolute Gasteiger partial charge is 0.184 e. The zero-order valence-electron chi connectivity index (χ0n) is 11.1. The van der Waals surface area contributed by atoms with Gasteiger partial charge in [0.2, 0.25) is 0 Å². The summed E-state index contributed by atoms with van der Waals surface area (Å²) in [6, 6.07) is 10.2. The number of hydrogen-bond donors (Lipinski definition) is 0. The Morgan fingerprint density at radius 2 is 1.82 bits per heavy atom. The van der Waals surface area contributed by atoms with Gasteiger partial charge in [-0.1, -0.05) is 58.0 Å². The lowest BCUT2D eigenvalue weighted by molar-refractivity contribution is -0.274. The van der Waals surface area contributed by atoms with Crippen molar-refractivity contribution in [3.63, 3.8) is 0 Å². The summed E-state index contributed by atoms with van der Waals surface area (Å²) in [5, 5.41) is 0. The number of benzene rings is 1. The van der Waals surface area contributed by atoms with Crippen molar-refractivity contribution in [1.29, 1.82) is 0 Å². The molecule has 0 aliphatic carbocycles. The summed E-state index contributed by atoms with van der Waals surface area (Å²) >= 11 is 0. The maximum absolute atomic E-state index is 6.13. The standard InChI is InChI=1S/C15H22O2/c1-11(2)13-15(3,4)10-16-14(17-13)12-8-6-5-7-9-12/h5-9,11,13-14H,10H2,1-4H3/t13-,14-/m1/s1. The van der Waals surface area contributed by atoms with Gasteiger partial charge < -0.3 is 9.47 Å². The SMILES string of the molecule is CC(C)[C@H]1O[C@H](c2ccccc2)OCC1(C)C. The Kier molecular flexibility index (Phi) is 3.55. The number of rotatable bonds is 2. The van der Waals surface area contributed by atoms with E-state index in [0.717, 1.165) is 12.2 Å². The van der Waals surface area contributed by atoms with Crippen LogP contribution in [0.4, 0.5) is 0 Å². The molecule has 1 heterocycles. The maximum Gasteiger partial charge on any atom is 0.184 e. The van der Waals surface area contributed by atoms with Crippen molar-refractivity contribution >= 4 is 0 Å². The fourth-order valence-electron chi connectivity index (χ4n) is 2.57. The molecule has 0 radical (unpaired) electrons. The first-order valence-electron chi connectivity index (χ1n) is 6.33. The van der Waals surface area contributed by atoms with Gasteiger partial charge in [0.1, 0.15) is 0 Å². The molecule has 1 aromatic rings. The normalized spacial score (nSPS) is 28.3. The molecule has 0 bridgehead atoms. The third-order valence-corrected chi connectivity index (χ3v) is 3.32. The zero-order chi connectivity index (χ0) is 12.5. The molecule has 2 nitrogen and oxygen atoms in total. The molecule has 2 atom stereocenters. The lowest BCUT2D eigenvalue weighted by Gasteiger charge is -2.44. The van der Waals surface area contributed by atoms with E-state index in [2.05, 4.69) is 39.8 Å². The van der Waals surface area contributed by atoms with Crippen LogP contribution in [-0.2, 0) is 9.47 Å². The summed E-state index contributed by atoms with van der Waals surface area (Å²) in [6.07, 6.45) is 0.0260. The fourth-order valence-corrected chi connectivity index (χ4v) is 2.57. The van der Waals surface area contributed by atoms with Gasteiger partial charge in [0.15, 0.2) is 6.29 Å². The minimum absolute atomic E-state index is 0.0828. The van der Waals surface area contributed by atoms with Crippen molar-refractivity contribution < 1.29 is 9.47 Å². The highest BCUT2D eigenvalue weighted by molar-refractivity contribution is 5.16.